The van der Waals surface area contributed by atoms with Gasteiger partial charge in [-0.1, -0.05) is 11.8 Å². The minimum absolute atomic E-state index is 0.274. The second kappa shape index (κ2) is 4.05. The summed E-state index contributed by atoms with van der Waals surface area (Å²) in [5.74, 6) is 0.274. The van der Waals surface area contributed by atoms with Gasteiger partial charge in [-0.25, -0.2) is 4.98 Å². The summed E-state index contributed by atoms with van der Waals surface area (Å²) in [4.78, 5) is 6.37. The zero-order valence-corrected chi connectivity index (χ0v) is 10.6. The molecule has 1 N–H and O–H groups in total. The van der Waals surface area contributed by atoms with E-state index in [1.165, 1.54) is 11.5 Å². The lowest BCUT2D eigenvalue weighted by Crippen LogP contribution is -1.82. The van der Waals surface area contributed by atoms with Gasteiger partial charge in [-0.3, -0.25) is 4.40 Å². The molecule has 86 valence electrons. The Morgan fingerprint density at radius 3 is 2.82 bits per heavy atom. The average molecular weight is 263 g/mol. The number of phenols is 1. The first kappa shape index (κ1) is 10.6. The molecule has 0 aliphatic rings. The van der Waals surface area contributed by atoms with Crippen LogP contribution in [0.25, 0.3) is 4.83 Å². The van der Waals surface area contributed by atoms with Gasteiger partial charge < -0.3 is 5.11 Å². The lowest BCUT2D eigenvalue weighted by Gasteiger charge is -1.98. The van der Waals surface area contributed by atoms with E-state index < -0.39 is 0 Å². The Bertz CT molecular complexity index is 657. The van der Waals surface area contributed by atoms with Crippen LogP contribution in [0, 0.1) is 6.92 Å². The summed E-state index contributed by atoms with van der Waals surface area (Å²) in [6, 6.07) is 7.08. The van der Waals surface area contributed by atoms with Crippen LogP contribution in [0.5, 0.6) is 5.75 Å². The van der Waals surface area contributed by atoms with Crippen LogP contribution in [0.4, 0.5) is 0 Å². The van der Waals surface area contributed by atoms with Crippen molar-refractivity contribution >= 4 is 28.1 Å². The van der Waals surface area contributed by atoms with E-state index in [-0.39, 0.29) is 5.75 Å². The quantitative estimate of drug-likeness (QED) is 0.772. The van der Waals surface area contributed by atoms with Crippen molar-refractivity contribution in [2.75, 3.05) is 0 Å². The highest BCUT2D eigenvalue weighted by Crippen LogP contribution is 2.30. The number of aromatic nitrogens is 3. The van der Waals surface area contributed by atoms with E-state index in [1.807, 2.05) is 23.5 Å². The Labute approximate surface area is 106 Å². The largest absolute Gasteiger partial charge is 0.508 e. The minimum atomic E-state index is 0.274. The Morgan fingerprint density at radius 1 is 1.29 bits per heavy atom. The van der Waals surface area contributed by atoms with Crippen LogP contribution in [0.1, 0.15) is 5.69 Å². The molecule has 3 rings (SSSR count). The number of fused-ring (bicyclic) bond motifs is 1. The predicted molar refractivity (Wildman–Crippen MR) is 67.8 cm³/mol. The van der Waals surface area contributed by atoms with Gasteiger partial charge in [0, 0.05) is 4.90 Å². The van der Waals surface area contributed by atoms with Crippen molar-refractivity contribution in [1.82, 2.24) is 13.8 Å². The number of benzene rings is 1. The van der Waals surface area contributed by atoms with Gasteiger partial charge in [0.2, 0.25) is 0 Å². The summed E-state index contributed by atoms with van der Waals surface area (Å²) < 4.78 is 6.38. The van der Waals surface area contributed by atoms with Gasteiger partial charge in [0.05, 0.1) is 5.69 Å². The minimum Gasteiger partial charge on any atom is -0.508 e. The number of imidazole rings is 1. The third-order valence-corrected chi connectivity index (χ3v) is 4.38. The third kappa shape index (κ3) is 1.89. The third-order valence-electron chi connectivity index (χ3n) is 2.36. The monoisotopic (exact) mass is 263 g/mol. The highest BCUT2D eigenvalue weighted by atomic mass is 32.2. The fraction of sp³-hybridized carbons (Fsp3) is 0.0909. The van der Waals surface area contributed by atoms with Gasteiger partial charge in [-0.2, -0.15) is 4.37 Å². The number of rotatable bonds is 2. The number of nitrogens with zero attached hydrogens (tertiary/aromatic N) is 3. The molecule has 0 spiro atoms. The van der Waals surface area contributed by atoms with Crippen LogP contribution in [0.3, 0.4) is 0 Å². The van der Waals surface area contributed by atoms with Crippen LogP contribution in [-0.4, -0.2) is 18.9 Å². The zero-order chi connectivity index (χ0) is 11.8. The average Bonchev–Trinajstić information content (AvgIpc) is 2.87. The van der Waals surface area contributed by atoms with Gasteiger partial charge in [-0.15, -0.1) is 0 Å². The van der Waals surface area contributed by atoms with Crippen LogP contribution < -0.4 is 0 Å². The Kier molecular flexibility index (Phi) is 2.53. The second-order valence-corrected chi connectivity index (χ2v) is 5.36. The molecule has 2 aromatic heterocycles. The van der Waals surface area contributed by atoms with Crippen molar-refractivity contribution in [3.8, 4) is 5.75 Å². The van der Waals surface area contributed by atoms with E-state index in [2.05, 4.69) is 9.36 Å². The van der Waals surface area contributed by atoms with E-state index in [0.29, 0.717) is 0 Å². The van der Waals surface area contributed by atoms with Crippen LogP contribution in [-0.2, 0) is 0 Å². The summed E-state index contributed by atoms with van der Waals surface area (Å²) in [6.07, 6.45) is 1.79. The molecular weight excluding hydrogens is 254 g/mol. The maximum Gasteiger partial charge on any atom is 0.191 e. The maximum atomic E-state index is 9.22. The molecule has 4 nitrogen and oxygen atoms in total. The topological polar surface area (TPSA) is 50.4 Å². The number of aryl methyl sites for hydroxylation is 1. The molecule has 0 saturated heterocycles. The highest BCUT2D eigenvalue weighted by Gasteiger charge is 2.10. The summed E-state index contributed by atoms with van der Waals surface area (Å²) in [5, 5.41) is 10.1. The zero-order valence-electron chi connectivity index (χ0n) is 8.99. The van der Waals surface area contributed by atoms with Crippen LogP contribution >= 0.6 is 23.3 Å². The summed E-state index contributed by atoms with van der Waals surface area (Å²) >= 11 is 3.01. The van der Waals surface area contributed by atoms with E-state index in [1.54, 1.807) is 30.2 Å². The SMILES string of the molecule is Cc1ncn2c(Sc3ccc(O)cc3)nsc12. The first-order valence-corrected chi connectivity index (χ1v) is 6.59. The van der Waals surface area contributed by atoms with Gasteiger partial charge in [0.25, 0.3) is 0 Å². The molecule has 0 amide bonds. The predicted octanol–water partition coefficient (Wildman–Crippen LogP) is 2.96. The molecule has 17 heavy (non-hydrogen) atoms. The molecule has 2 heterocycles. The van der Waals surface area contributed by atoms with Crippen molar-refractivity contribution in [1.29, 1.82) is 0 Å². The molecule has 0 saturated carbocycles. The summed E-state index contributed by atoms with van der Waals surface area (Å²) in [7, 11) is 0. The first-order valence-electron chi connectivity index (χ1n) is 5.00. The van der Waals surface area contributed by atoms with Gasteiger partial charge in [0.1, 0.15) is 16.9 Å². The fourth-order valence-corrected chi connectivity index (χ4v) is 3.18. The molecule has 0 fully saturated rings. The molecule has 0 bridgehead atoms. The highest BCUT2D eigenvalue weighted by molar-refractivity contribution is 7.99. The summed E-state index contributed by atoms with van der Waals surface area (Å²) in [6.45, 7) is 1.97. The lowest BCUT2D eigenvalue weighted by molar-refractivity contribution is 0.475. The van der Waals surface area contributed by atoms with Crippen molar-refractivity contribution in [3.05, 3.63) is 36.3 Å². The lowest BCUT2D eigenvalue weighted by atomic mass is 10.3. The van der Waals surface area contributed by atoms with E-state index >= 15 is 0 Å². The van der Waals surface area contributed by atoms with E-state index in [9.17, 15) is 5.11 Å². The standard InChI is InChI=1S/C11H9N3OS2/c1-7-10-14(6-12-7)11(13-17-10)16-9-4-2-8(15)3-5-9/h2-6,15H,1H3. The van der Waals surface area contributed by atoms with Gasteiger partial charge in [-0.05, 0) is 42.7 Å². The first-order chi connectivity index (χ1) is 8.24. The van der Waals surface area contributed by atoms with Gasteiger partial charge in [0.15, 0.2) is 5.16 Å². The molecule has 3 aromatic rings. The molecule has 1 aromatic carbocycles. The molecular formula is C11H9N3OS2. The van der Waals surface area contributed by atoms with Crippen molar-refractivity contribution in [2.45, 2.75) is 17.0 Å². The maximum absolute atomic E-state index is 9.22. The van der Waals surface area contributed by atoms with E-state index in [4.69, 9.17) is 0 Å². The number of hydrogen-bond acceptors (Lipinski definition) is 5. The number of hydrogen-bond donors (Lipinski definition) is 1. The van der Waals surface area contributed by atoms with Crippen molar-refractivity contribution < 1.29 is 5.11 Å². The number of aromatic hydroxyl groups is 1. The van der Waals surface area contributed by atoms with E-state index in [0.717, 1.165) is 20.6 Å². The van der Waals surface area contributed by atoms with Crippen molar-refractivity contribution in [3.63, 3.8) is 0 Å². The van der Waals surface area contributed by atoms with Crippen molar-refractivity contribution in [2.24, 2.45) is 0 Å². The smallest absolute Gasteiger partial charge is 0.191 e. The summed E-state index contributed by atoms with van der Waals surface area (Å²) in [5.41, 5.74) is 1.00. The molecule has 6 heteroatoms. The fourth-order valence-electron chi connectivity index (χ4n) is 1.49. The second-order valence-electron chi connectivity index (χ2n) is 3.57. The Balaban J connectivity index is 1.97. The molecule has 0 aliphatic heterocycles. The molecule has 0 radical (unpaired) electrons. The van der Waals surface area contributed by atoms with Gasteiger partial charge >= 0.3 is 0 Å². The normalized spacial score (nSPS) is 11.1. The van der Waals surface area contributed by atoms with Crippen LogP contribution in [0.2, 0.25) is 0 Å². The molecule has 0 unspecified atom stereocenters. The number of phenolic OH excluding ortho intramolecular Hbond substituents is 1. The Hall–Kier alpha value is -1.53. The van der Waals surface area contributed by atoms with Crippen LogP contribution in [0.15, 0.2) is 40.6 Å². The Morgan fingerprint density at radius 2 is 2.06 bits per heavy atom. The molecule has 0 atom stereocenters. The molecule has 0 aliphatic carbocycles.